The van der Waals surface area contributed by atoms with Gasteiger partial charge in [-0.3, -0.25) is 4.79 Å². The van der Waals surface area contributed by atoms with E-state index in [1.807, 2.05) is 36.6 Å². The van der Waals surface area contributed by atoms with Crippen molar-refractivity contribution in [1.82, 2.24) is 0 Å². The predicted molar refractivity (Wildman–Crippen MR) is 125 cm³/mol. The highest BCUT2D eigenvalue weighted by Crippen LogP contribution is 2.32. The zero-order valence-electron chi connectivity index (χ0n) is 15.8. The van der Waals surface area contributed by atoms with Crippen LogP contribution in [-0.4, -0.2) is 23.1 Å². The number of thioether (sulfide) groups is 1. The molecule has 1 heterocycles. The van der Waals surface area contributed by atoms with Crippen LogP contribution >= 0.6 is 39.3 Å². The van der Waals surface area contributed by atoms with Crippen LogP contribution in [0.4, 0.5) is 5.69 Å². The molecule has 2 aromatic rings. The number of hydrogen-bond donors (Lipinski definition) is 0. The minimum Gasteiger partial charge on any atom is -0.267 e. The normalized spacial score (nSPS) is 16.7. The maximum atomic E-state index is 13.3. The predicted octanol–water partition coefficient (Wildman–Crippen LogP) is 6.09. The lowest BCUT2D eigenvalue weighted by atomic mass is 9.96. The molecule has 1 atom stereocenters. The van der Waals surface area contributed by atoms with E-state index in [2.05, 4.69) is 27.1 Å². The quantitative estimate of drug-likeness (QED) is 0.481. The fourth-order valence-corrected chi connectivity index (χ4v) is 3.70. The zero-order valence-corrected chi connectivity index (χ0v) is 18.9. The van der Waals surface area contributed by atoms with E-state index in [-0.39, 0.29) is 11.2 Å². The minimum absolute atomic E-state index is 0.231. The molecule has 3 rings (SSSR count). The second kappa shape index (κ2) is 9.45. The summed E-state index contributed by atoms with van der Waals surface area (Å²) in [7, 11) is 0. The third kappa shape index (κ3) is 4.81. The van der Waals surface area contributed by atoms with Gasteiger partial charge in [0.15, 0.2) is 0 Å². The number of anilines is 1. The SMILES string of the molecule is CSC(C#N)/C=C/C(=C1\C(=O)N(c2cccc(Cl)c2)N=C1C)c1ccc(Br)cc1. The number of halogens is 2. The van der Waals surface area contributed by atoms with Crippen molar-refractivity contribution in [1.29, 1.82) is 5.26 Å². The van der Waals surface area contributed by atoms with Crippen LogP contribution in [0.2, 0.25) is 5.02 Å². The highest BCUT2D eigenvalue weighted by atomic mass is 79.9. The Morgan fingerprint density at radius 1 is 1.31 bits per heavy atom. The largest absolute Gasteiger partial charge is 0.281 e. The van der Waals surface area contributed by atoms with Crippen LogP contribution in [0.25, 0.3) is 5.57 Å². The number of amides is 1. The number of allylic oxidation sites excluding steroid dienone is 2. The van der Waals surface area contributed by atoms with E-state index in [1.165, 1.54) is 16.8 Å². The van der Waals surface area contributed by atoms with E-state index >= 15 is 0 Å². The van der Waals surface area contributed by atoms with E-state index in [1.54, 1.807) is 37.3 Å². The van der Waals surface area contributed by atoms with Crippen LogP contribution in [0.5, 0.6) is 0 Å². The molecular formula is C22H17BrClN3OS. The van der Waals surface area contributed by atoms with Crippen LogP contribution in [0.3, 0.4) is 0 Å². The highest BCUT2D eigenvalue weighted by Gasteiger charge is 2.31. The lowest BCUT2D eigenvalue weighted by Gasteiger charge is -2.13. The van der Waals surface area contributed by atoms with Gasteiger partial charge in [0.25, 0.3) is 5.91 Å². The summed E-state index contributed by atoms with van der Waals surface area (Å²) in [5.74, 6) is -0.231. The molecule has 4 nitrogen and oxygen atoms in total. The fraction of sp³-hybridized carbons (Fsp3) is 0.136. The van der Waals surface area contributed by atoms with Crippen LogP contribution in [-0.2, 0) is 4.79 Å². The molecule has 146 valence electrons. The minimum atomic E-state index is -0.307. The smallest absolute Gasteiger partial charge is 0.267 e. The Morgan fingerprint density at radius 2 is 2.03 bits per heavy atom. The van der Waals surface area contributed by atoms with Crippen molar-refractivity contribution in [3.05, 3.63) is 81.3 Å². The Labute approximate surface area is 187 Å². The summed E-state index contributed by atoms with van der Waals surface area (Å²) in [6.07, 6.45) is 5.51. The summed E-state index contributed by atoms with van der Waals surface area (Å²) >= 11 is 11.0. The first-order valence-electron chi connectivity index (χ1n) is 8.71. The monoisotopic (exact) mass is 485 g/mol. The topological polar surface area (TPSA) is 56.5 Å². The van der Waals surface area contributed by atoms with Gasteiger partial charge in [0.2, 0.25) is 0 Å². The zero-order chi connectivity index (χ0) is 21.0. The van der Waals surface area contributed by atoms with Crippen molar-refractivity contribution in [2.45, 2.75) is 12.2 Å². The molecule has 1 unspecified atom stereocenters. The summed E-state index contributed by atoms with van der Waals surface area (Å²) in [5, 5.41) is 15.3. The van der Waals surface area contributed by atoms with Gasteiger partial charge in [-0.05, 0) is 54.6 Å². The summed E-state index contributed by atoms with van der Waals surface area (Å²) in [4.78, 5) is 13.3. The lowest BCUT2D eigenvalue weighted by Crippen LogP contribution is -2.22. The number of benzene rings is 2. The first-order chi connectivity index (χ1) is 13.9. The van der Waals surface area contributed by atoms with E-state index < -0.39 is 0 Å². The van der Waals surface area contributed by atoms with Gasteiger partial charge in [-0.1, -0.05) is 57.9 Å². The van der Waals surface area contributed by atoms with Crippen LogP contribution in [0.1, 0.15) is 12.5 Å². The van der Waals surface area contributed by atoms with Crippen LogP contribution < -0.4 is 5.01 Å². The van der Waals surface area contributed by atoms with Gasteiger partial charge < -0.3 is 0 Å². The van der Waals surface area contributed by atoms with Crippen molar-refractivity contribution in [2.75, 3.05) is 11.3 Å². The molecule has 0 bridgehead atoms. The number of nitriles is 1. The van der Waals surface area contributed by atoms with Crippen LogP contribution in [0.15, 0.2) is 75.8 Å². The lowest BCUT2D eigenvalue weighted by molar-refractivity contribution is -0.114. The third-order valence-electron chi connectivity index (χ3n) is 4.31. The molecule has 0 aliphatic carbocycles. The molecule has 7 heteroatoms. The van der Waals surface area contributed by atoms with Crippen molar-refractivity contribution in [3.8, 4) is 6.07 Å². The summed E-state index contributed by atoms with van der Waals surface area (Å²) in [5.41, 5.74) is 3.31. The molecule has 0 aromatic heterocycles. The van der Waals surface area contributed by atoms with E-state index in [4.69, 9.17) is 11.6 Å². The van der Waals surface area contributed by atoms with Gasteiger partial charge in [0.05, 0.1) is 23.0 Å². The molecule has 0 saturated heterocycles. The van der Waals surface area contributed by atoms with Gasteiger partial charge in [-0.15, -0.1) is 11.8 Å². The van der Waals surface area contributed by atoms with Gasteiger partial charge in [0, 0.05) is 9.50 Å². The summed E-state index contributed by atoms with van der Waals surface area (Å²) in [6, 6.07) is 16.9. The summed E-state index contributed by atoms with van der Waals surface area (Å²) in [6.45, 7) is 1.81. The number of nitrogens with zero attached hydrogens (tertiary/aromatic N) is 3. The maximum Gasteiger partial charge on any atom is 0.281 e. The molecule has 2 aromatic carbocycles. The molecular weight excluding hydrogens is 470 g/mol. The highest BCUT2D eigenvalue weighted by molar-refractivity contribution is 9.10. The number of hydrogen-bond acceptors (Lipinski definition) is 4. The average molecular weight is 487 g/mol. The van der Waals surface area contributed by atoms with Gasteiger partial charge >= 0.3 is 0 Å². The van der Waals surface area contributed by atoms with E-state index in [0.717, 1.165) is 15.6 Å². The second-order valence-corrected chi connectivity index (χ2v) is 8.55. The summed E-state index contributed by atoms with van der Waals surface area (Å²) < 4.78 is 0.942. The molecule has 1 amide bonds. The Bertz CT molecular complexity index is 1070. The van der Waals surface area contributed by atoms with Gasteiger partial charge in [0.1, 0.15) is 5.25 Å². The molecule has 0 radical (unpaired) electrons. The van der Waals surface area contributed by atoms with E-state index in [0.29, 0.717) is 22.0 Å². The first-order valence-corrected chi connectivity index (χ1v) is 11.2. The molecule has 1 aliphatic heterocycles. The number of carbonyl (C=O) groups excluding carboxylic acids is 1. The Balaban J connectivity index is 2.12. The molecule has 1 aliphatic rings. The van der Waals surface area contributed by atoms with Gasteiger partial charge in [-0.2, -0.15) is 15.4 Å². The molecule has 0 fully saturated rings. The van der Waals surface area contributed by atoms with Crippen molar-refractivity contribution < 1.29 is 4.79 Å². The molecule has 0 spiro atoms. The Hall–Kier alpha value is -2.33. The third-order valence-corrected chi connectivity index (χ3v) is 5.85. The number of rotatable bonds is 5. The average Bonchev–Trinajstić information content (AvgIpc) is 3.01. The van der Waals surface area contributed by atoms with E-state index in [9.17, 15) is 10.1 Å². The Morgan fingerprint density at radius 3 is 2.66 bits per heavy atom. The standard InChI is InChI=1S/C22H17BrClN3OS/c1-14-21(22(28)27(26-14)18-5-3-4-17(24)12-18)20(11-10-19(13-25)29-2)15-6-8-16(23)9-7-15/h3-12,19H,1-2H3/b11-10+,21-20+. The molecule has 29 heavy (non-hydrogen) atoms. The van der Waals surface area contributed by atoms with Crippen molar-refractivity contribution in [2.24, 2.45) is 5.10 Å². The van der Waals surface area contributed by atoms with Crippen molar-refractivity contribution >= 4 is 62.2 Å². The van der Waals surface area contributed by atoms with Gasteiger partial charge in [-0.25, -0.2) is 0 Å². The number of hydrazone groups is 1. The second-order valence-electron chi connectivity index (χ2n) is 6.22. The number of carbonyl (C=O) groups is 1. The molecule has 0 saturated carbocycles. The fourth-order valence-electron chi connectivity index (χ4n) is 2.91. The van der Waals surface area contributed by atoms with Crippen LogP contribution in [0, 0.1) is 11.3 Å². The maximum absolute atomic E-state index is 13.3. The van der Waals surface area contributed by atoms with Crippen molar-refractivity contribution in [3.63, 3.8) is 0 Å². The Kier molecular flexibility index (Phi) is 6.96. The first kappa shape index (κ1) is 21.4. The molecule has 0 N–H and O–H groups in total.